The van der Waals surface area contributed by atoms with Crippen LogP contribution in [0.5, 0.6) is 11.5 Å². The van der Waals surface area contributed by atoms with Crippen LogP contribution in [0.4, 0.5) is 0 Å². The molecule has 1 heterocycles. The van der Waals surface area contributed by atoms with Gasteiger partial charge >= 0.3 is 0 Å². The minimum Gasteiger partial charge on any atom is -0.493 e. The molecule has 8 heteroatoms. The van der Waals surface area contributed by atoms with Crippen LogP contribution in [-0.4, -0.2) is 51.6 Å². The molecule has 2 aromatic rings. The molecular weight excluding hydrogens is 376 g/mol. The summed E-state index contributed by atoms with van der Waals surface area (Å²) in [6.45, 7) is 7.65. The summed E-state index contributed by atoms with van der Waals surface area (Å²) in [5, 5.41) is 9.26. The molecule has 152 valence electrons. The number of carbonyl (C=O) groups excluding carboxylic acids is 1. The molecule has 0 spiro atoms. The molecule has 1 aliphatic carbocycles. The zero-order valence-corrected chi connectivity index (χ0v) is 17.8. The van der Waals surface area contributed by atoms with Crippen LogP contribution < -0.4 is 9.47 Å². The summed E-state index contributed by atoms with van der Waals surface area (Å²) in [4.78, 5) is 14.6. The molecule has 0 saturated heterocycles. The fourth-order valence-corrected chi connectivity index (χ4v) is 4.05. The first-order chi connectivity index (χ1) is 13.6. The number of nitrogens with zero attached hydrogens (tertiary/aromatic N) is 4. The Bertz CT molecular complexity index is 820. The van der Waals surface area contributed by atoms with Gasteiger partial charge in [-0.25, -0.2) is 0 Å². The number of amides is 1. The molecule has 0 bridgehead atoms. The summed E-state index contributed by atoms with van der Waals surface area (Å²) < 4.78 is 13.1. The Labute approximate surface area is 170 Å². The Morgan fingerprint density at radius 1 is 1.29 bits per heavy atom. The van der Waals surface area contributed by atoms with Gasteiger partial charge in [-0.3, -0.25) is 4.79 Å². The molecule has 1 aliphatic rings. The van der Waals surface area contributed by atoms with Gasteiger partial charge in [0.2, 0.25) is 5.91 Å². The zero-order chi connectivity index (χ0) is 20.1. The van der Waals surface area contributed by atoms with Crippen LogP contribution in [0.2, 0.25) is 0 Å². The van der Waals surface area contributed by atoms with E-state index in [1.54, 1.807) is 7.11 Å². The number of carbonyl (C=O) groups is 1. The summed E-state index contributed by atoms with van der Waals surface area (Å²) in [7, 11) is 1.62. The first kappa shape index (κ1) is 20.5. The van der Waals surface area contributed by atoms with E-state index in [1.165, 1.54) is 24.6 Å². The number of hydrogen-bond acceptors (Lipinski definition) is 6. The van der Waals surface area contributed by atoms with Crippen molar-refractivity contribution in [3.63, 3.8) is 0 Å². The van der Waals surface area contributed by atoms with E-state index in [1.807, 2.05) is 43.9 Å². The van der Waals surface area contributed by atoms with Crippen molar-refractivity contribution in [3.8, 4) is 11.5 Å². The summed E-state index contributed by atoms with van der Waals surface area (Å²) in [5.41, 5.74) is 1.01. The largest absolute Gasteiger partial charge is 0.493 e. The lowest BCUT2D eigenvalue weighted by molar-refractivity contribution is -0.128. The highest BCUT2D eigenvalue weighted by Crippen LogP contribution is 2.38. The van der Waals surface area contributed by atoms with E-state index in [0.717, 1.165) is 16.5 Å². The molecule has 0 radical (unpaired) electrons. The molecule has 1 aromatic heterocycles. The van der Waals surface area contributed by atoms with E-state index in [4.69, 9.17) is 9.47 Å². The predicted molar refractivity (Wildman–Crippen MR) is 109 cm³/mol. The summed E-state index contributed by atoms with van der Waals surface area (Å²) in [5.74, 6) is 2.76. The maximum absolute atomic E-state index is 12.8. The lowest BCUT2D eigenvalue weighted by Crippen LogP contribution is -2.31. The standard InChI is InChI=1S/C20H28N4O3S/c1-5-23(12-15-7-10-17(27-6-2)18(11-15)26-4)19(25)13-28-20-22-21-14(3)24(20)16-8-9-16/h7,10-11,16H,5-6,8-9,12-13H2,1-4H3. The Morgan fingerprint density at radius 3 is 2.71 bits per heavy atom. The number of rotatable bonds is 10. The highest BCUT2D eigenvalue weighted by atomic mass is 32.2. The van der Waals surface area contributed by atoms with Gasteiger partial charge < -0.3 is 18.9 Å². The Hall–Kier alpha value is -2.22. The molecule has 0 unspecified atom stereocenters. The van der Waals surface area contributed by atoms with Crippen LogP contribution in [0.1, 0.15) is 44.1 Å². The van der Waals surface area contributed by atoms with Crippen LogP contribution in [-0.2, 0) is 11.3 Å². The Morgan fingerprint density at radius 2 is 2.07 bits per heavy atom. The lowest BCUT2D eigenvalue weighted by atomic mass is 10.2. The molecule has 1 fully saturated rings. The highest BCUT2D eigenvalue weighted by molar-refractivity contribution is 7.99. The Kier molecular flexibility index (Phi) is 6.83. The molecule has 1 saturated carbocycles. The smallest absolute Gasteiger partial charge is 0.233 e. The molecular formula is C20H28N4O3S. The van der Waals surface area contributed by atoms with E-state index in [-0.39, 0.29) is 5.91 Å². The van der Waals surface area contributed by atoms with Crippen LogP contribution in [0.15, 0.2) is 23.4 Å². The fraction of sp³-hybridized carbons (Fsp3) is 0.550. The third kappa shape index (κ3) is 4.79. The number of aryl methyl sites for hydroxylation is 1. The third-order valence-corrected chi connectivity index (χ3v) is 5.64. The van der Waals surface area contributed by atoms with Crippen molar-refractivity contribution < 1.29 is 14.3 Å². The first-order valence-electron chi connectivity index (χ1n) is 9.69. The van der Waals surface area contributed by atoms with E-state index in [0.29, 0.717) is 43.0 Å². The van der Waals surface area contributed by atoms with Gasteiger partial charge in [-0.05, 0) is 51.3 Å². The van der Waals surface area contributed by atoms with Gasteiger partial charge in [0.05, 0.1) is 19.5 Å². The van der Waals surface area contributed by atoms with Gasteiger partial charge in [0.1, 0.15) is 5.82 Å². The number of aromatic nitrogens is 3. The van der Waals surface area contributed by atoms with Crippen LogP contribution >= 0.6 is 11.8 Å². The van der Waals surface area contributed by atoms with Gasteiger partial charge in [0.15, 0.2) is 16.7 Å². The average molecular weight is 405 g/mol. The number of benzene rings is 1. The van der Waals surface area contributed by atoms with Gasteiger partial charge in [0, 0.05) is 19.1 Å². The molecule has 0 atom stereocenters. The van der Waals surface area contributed by atoms with Crippen LogP contribution in [0.25, 0.3) is 0 Å². The fourth-order valence-electron chi connectivity index (χ4n) is 3.10. The number of thioether (sulfide) groups is 1. The molecule has 0 aliphatic heterocycles. The summed E-state index contributed by atoms with van der Waals surface area (Å²) in [6, 6.07) is 6.31. The zero-order valence-electron chi connectivity index (χ0n) is 17.0. The summed E-state index contributed by atoms with van der Waals surface area (Å²) >= 11 is 1.47. The maximum atomic E-state index is 12.8. The van der Waals surface area contributed by atoms with Crippen molar-refractivity contribution in [2.24, 2.45) is 0 Å². The Balaban J connectivity index is 1.62. The van der Waals surface area contributed by atoms with Crippen molar-refractivity contribution >= 4 is 17.7 Å². The van der Waals surface area contributed by atoms with Gasteiger partial charge in [0.25, 0.3) is 0 Å². The van der Waals surface area contributed by atoms with Crippen molar-refractivity contribution in [2.75, 3.05) is 26.0 Å². The highest BCUT2D eigenvalue weighted by Gasteiger charge is 2.28. The number of hydrogen-bond donors (Lipinski definition) is 0. The average Bonchev–Trinajstić information content (AvgIpc) is 3.47. The van der Waals surface area contributed by atoms with Crippen molar-refractivity contribution in [3.05, 3.63) is 29.6 Å². The molecule has 7 nitrogen and oxygen atoms in total. The molecule has 1 amide bonds. The third-order valence-electron chi connectivity index (χ3n) is 4.71. The van der Waals surface area contributed by atoms with Crippen molar-refractivity contribution in [1.82, 2.24) is 19.7 Å². The second-order valence-electron chi connectivity index (χ2n) is 6.75. The van der Waals surface area contributed by atoms with Gasteiger partial charge in [-0.15, -0.1) is 10.2 Å². The summed E-state index contributed by atoms with van der Waals surface area (Å²) in [6.07, 6.45) is 2.34. The lowest BCUT2D eigenvalue weighted by Gasteiger charge is -2.21. The van der Waals surface area contributed by atoms with E-state index < -0.39 is 0 Å². The van der Waals surface area contributed by atoms with Crippen LogP contribution in [0, 0.1) is 6.92 Å². The molecule has 0 N–H and O–H groups in total. The van der Waals surface area contributed by atoms with E-state index >= 15 is 0 Å². The number of ether oxygens (including phenoxy) is 2. The molecule has 3 rings (SSSR count). The maximum Gasteiger partial charge on any atom is 0.233 e. The van der Waals surface area contributed by atoms with Crippen LogP contribution in [0.3, 0.4) is 0 Å². The minimum absolute atomic E-state index is 0.0864. The number of methoxy groups -OCH3 is 1. The molecule has 1 aromatic carbocycles. The van der Waals surface area contributed by atoms with E-state index in [9.17, 15) is 4.79 Å². The van der Waals surface area contributed by atoms with E-state index in [2.05, 4.69) is 14.8 Å². The topological polar surface area (TPSA) is 69.5 Å². The second kappa shape index (κ2) is 9.32. The normalized spacial score (nSPS) is 13.4. The van der Waals surface area contributed by atoms with Gasteiger partial charge in [-0.1, -0.05) is 17.8 Å². The predicted octanol–water partition coefficient (Wildman–Crippen LogP) is 3.47. The minimum atomic E-state index is 0.0864. The van der Waals surface area contributed by atoms with Crippen molar-refractivity contribution in [1.29, 1.82) is 0 Å². The monoisotopic (exact) mass is 404 g/mol. The van der Waals surface area contributed by atoms with Gasteiger partial charge in [-0.2, -0.15) is 0 Å². The van der Waals surface area contributed by atoms with Crippen molar-refractivity contribution in [2.45, 2.75) is 51.4 Å². The first-order valence-corrected chi connectivity index (χ1v) is 10.7. The molecule has 28 heavy (non-hydrogen) atoms. The quantitative estimate of drug-likeness (QED) is 0.565. The SMILES string of the molecule is CCOc1ccc(CN(CC)C(=O)CSc2nnc(C)n2C2CC2)cc1OC. The second-order valence-corrected chi connectivity index (χ2v) is 7.69.